The van der Waals surface area contributed by atoms with Gasteiger partial charge in [-0.25, -0.2) is 8.42 Å². The summed E-state index contributed by atoms with van der Waals surface area (Å²) in [7, 11) is -3.38. The van der Waals surface area contributed by atoms with Crippen LogP contribution in [0.4, 0.5) is 0 Å². The average molecular weight is 264 g/mol. The topological polar surface area (TPSA) is 51.2 Å². The number of fused-ring (bicyclic) bond motifs is 2. The standard InChI is InChI=1S/C12H8O3S2/c13-11-9-4-2-1-3-8(9)7-17(14,15)12-10(11)5-6-16-12/h1-6H,7H2. The van der Waals surface area contributed by atoms with Crippen LogP contribution in [0.5, 0.6) is 0 Å². The summed E-state index contributed by atoms with van der Waals surface area (Å²) in [6.45, 7) is 0. The fourth-order valence-corrected chi connectivity index (χ4v) is 4.82. The van der Waals surface area contributed by atoms with Crippen LogP contribution >= 0.6 is 11.3 Å². The normalized spacial score (nSPS) is 17.1. The average Bonchev–Trinajstić information content (AvgIpc) is 2.75. The van der Waals surface area contributed by atoms with E-state index in [0.717, 1.165) is 11.3 Å². The first-order valence-electron chi connectivity index (χ1n) is 5.02. The zero-order chi connectivity index (χ0) is 12.0. The van der Waals surface area contributed by atoms with Crippen LogP contribution in [0.15, 0.2) is 39.9 Å². The van der Waals surface area contributed by atoms with Gasteiger partial charge in [0.25, 0.3) is 0 Å². The first-order chi connectivity index (χ1) is 8.09. The first-order valence-corrected chi connectivity index (χ1v) is 7.55. The minimum Gasteiger partial charge on any atom is -0.289 e. The van der Waals surface area contributed by atoms with Crippen LogP contribution < -0.4 is 0 Å². The molecule has 2 aromatic rings. The Bertz CT molecular complexity index is 711. The van der Waals surface area contributed by atoms with Crippen molar-refractivity contribution < 1.29 is 13.2 Å². The van der Waals surface area contributed by atoms with Crippen LogP contribution in [0.1, 0.15) is 21.5 Å². The molecule has 1 aromatic heterocycles. The van der Waals surface area contributed by atoms with Crippen molar-refractivity contribution in [2.24, 2.45) is 0 Å². The third kappa shape index (κ3) is 1.54. The molecule has 5 heteroatoms. The molecule has 3 rings (SSSR count). The number of carbonyl (C=O) groups is 1. The Morgan fingerprint density at radius 2 is 1.82 bits per heavy atom. The van der Waals surface area contributed by atoms with Gasteiger partial charge in [0.1, 0.15) is 4.21 Å². The predicted molar refractivity (Wildman–Crippen MR) is 65.1 cm³/mol. The molecule has 0 saturated carbocycles. The van der Waals surface area contributed by atoms with Crippen molar-refractivity contribution in [1.29, 1.82) is 0 Å². The molecule has 0 bridgehead atoms. The van der Waals surface area contributed by atoms with Crippen molar-refractivity contribution in [2.75, 3.05) is 0 Å². The van der Waals surface area contributed by atoms with E-state index in [4.69, 9.17) is 0 Å². The Hall–Kier alpha value is -1.46. The number of ketones is 1. The zero-order valence-electron chi connectivity index (χ0n) is 8.71. The van der Waals surface area contributed by atoms with Crippen molar-refractivity contribution in [1.82, 2.24) is 0 Å². The third-order valence-electron chi connectivity index (χ3n) is 2.76. The van der Waals surface area contributed by atoms with Crippen LogP contribution in [-0.4, -0.2) is 14.2 Å². The van der Waals surface area contributed by atoms with E-state index in [1.54, 1.807) is 35.7 Å². The van der Waals surface area contributed by atoms with E-state index in [9.17, 15) is 13.2 Å². The molecule has 0 N–H and O–H groups in total. The lowest BCUT2D eigenvalue weighted by Gasteiger charge is -2.02. The van der Waals surface area contributed by atoms with Crippen molar-refractivity contribution in [3.05, 3.63) is 52.4 Å². The second-order valence-electron chi connectivity index (χ2n) is 3.87. The second kappa shape index (κ2) is 3.51. The SMILES string of the molecule is O=C1c2ccccc2CS(=O)(=O)c2sccc21. The lowest BCUT2D eigenvalue weighted by molar-refractivity contribution is 0.103. The minimum absolute atomic E-state index is 0.0948. The van der Waals surface area contributed by atoms with Crippen LogP contribution in [-0.2, 0) is 15.6 Å². The molecule has 17 heavy (non-hydrogen) atoms. The lowest BCUT2D eigenvalue weighted by Crippen LogP contribution is -2.02. The van der Waals surface area contributed by atoms with Gasteiger partial charge in [0.15, 0.2) is 15.6 Å². The van der Waals surface area contributed by atoms with Gasteiger partial charge in [0.05, 0.1) is 11.3 Å². The van der Waals surface area contributed by atoms with Gasteiger partial charge in [0.2, 0.25) is 0 Å². The fourth-order valence-electron chi connectivity index (χ4n) is 1.99. The van der Waals surface area contributed by atoms with Gasteiger partial charge < -0.3 is 0 Å². The molecule has 1 aliphatic heterocycles. The molecule has 0 amide bonds. The number of rotatable bonds is 0. The zero-order valence-corrected chi connectivity index (χ0v) is 10.3. The molecule has 0 spiro atoms. The molecule has 0 fully saturated rings. The van der Waals surface area contributed by atoms with E-state index in [0.29, 0.717) is 16.7 Å². The van der Waals surface area contributed by atoms with E-state index in [-0.39, 0.29) is 15.7 Å². The maximum Gasteiger partial charge on any atom is 0.195 e. The Kier molecular flexibility index (Phi) is 2.21. The number of thiophene rings is 1. The summed E-state index contributed by atoms with van der Waals surface area (Å²) in [5.41, 5.74) is 1.38. The minimum atomic E-state index is -3.38. The van der Waals surface area contributed by atoms with Crippen LogP contribution in [0.25, 0.3) is 0 Å². The molecule has 1 aromatic carbocycles. The largest absolute Gasteiger partial charge is 0.289 e. The smallest absolute Gasteiger partial charge is 0.195 e. The van der Waals surface area contributed by atoms with Crippen LogP contribution in [0.3, 0.4) is 0 Å². The summed E-state index contributed by atoms with van der Waals surface area (Å²) in [6.07, 6.45) is 0. The molecule has 0 unspecified atom stereocenters. The summed E-state index contributed by atoms with van der Waals surface area (Å²) in [5, 5.41) is 1.65. The Morgan fingerprint density at radius 1 is 1.06 bits per heavy atom. The third-order valence-corrected chi connectivity index (χ3v) is 6.00. The number of hydrogen-bond acceptors (Lipinski definition) is 4. The van der Waals surface area contributed by atoms with Crippen molar-refractivity contribution in [3.63, 3.8) is 0 Å². The molecule has 3 nitrogen and oxygen atoms in total. The summed E-state index contributed by atoms with van der Waals surface area (Å²) < 4.78 is 24.4. The molecule has 0 saturated heterocycles. The summed E-state index contributed by atoms with van der Waals surface area (Å²) >= 11 is 1.11. The highest BCUT2D eigenvalue weighted by Crippen LogP contribution is 2.32. The van der Waals surface area contributed by atoms with Crippen molar-refractivity contribution in [3.8, 4) is 0 Å². The Morgan fingerprint density at radius 3 is 2.65 bits per heavy atom. The van der Waals surface area contributed by atoms with Crippen molar-refractivity contribution >= 4 is 27.0 Å². The van der Waals surface area contributed by atoms with E-state index < -0.39 is 9.84 Å². The summed E-state index contributed by atoms with van der Waals surface area (Å²) in [6, 6.07) is 8.46. The monoisotopic (exact) mass is 264 g/mol. The van der Waals surface area contributed by atoms with E-state index in [1.165, 1.54) is 0 Å². The van der Waals surface area contributed by atoms with Gasteiger partial charge >= 0.3 is 0 Å². The van der Waals surface area contributed by atoms with Gasteiger partial charge in [-0.15, -0.1) is 11.3 Å². The Balaban J connectivity index is 2.38. The van der Waals surface area contributed by atoms with Crippen LogP contribution in [0, 0.1) is 0 Å². The number of benzene rings is 1. The van der Waals surface area contributed by atoms with E-state index >= 15 is 0 Å². The quantitative estimate of drug-likeness (QED) is 0.733. The van der Waals surface area contributed by atoms with Crippen LogP contribution in [0.2, 0.25) is 0 Å². The van der Waals surface area contributed by atoms with Gasteiger partial charge in [-0.05, 0) is 17.0 Å². The fraction of sp³-hybridized carbons (Fsp3) is 0.0833. The van der Waals surface area contributed by atoms with Gasteiger partial charge in [0, 0.05) is 5.56 Å². The van der Waals surface area contributed by atoms with Crippen molar-refractivity contribution in [2.45, 2.75) is 9.96 Å². The van der Waals surface area contributed by atoms with E-state index in [1.807, 2.05) is 0 Å². The maximum atomic E-state index is 12.2. The lowest BCUT2D eigenvalue weighted by atomic mass is 10.0. The van der Waals surface area contributed by atoms with E-state index in [2.05, 4.69) is 0 Å². The highest BCUT2D eigenvalue weighted by molar-refractivity contribution is 7.92. The van der Waals surface area contributed by atoms with Gasteiger partial charge in [-0.2, -0.15) is 0 Å². The highest BCUT2D eigenvalue weighted by Gasteiger charge is 2.30. The molecular formula is C12H8O3S2. The number of sulfone groups is 1. The molecule has 0 aliphatic carbocycles. The molecular weight excluding hydrogens is 256 g/mol. The highest BCUT2D eigenvalue weighted by atomic mass is 32.2. The number of carbonyl (C=O) groups excluding carboxylic acids is 1. The Labute approximate surface area is 103 Å². The molecule has 1 aliphatic rings. The summed E-state index contributed by atoms with van der Waals surface area (Å²) in [5.74, 6) is -0.291. The molecule has 0 radical (unpaired) electrons. The van der Waals surface area contributed by atoms with Gasteiger partial charge in [-0.3, -0.25) is 4.79 Å². The first kappa shape index (κ1) is 10.7. The molecule has 2 heterocycles. The predicted octanol–water partition coefficient (Wildman–Crippen LogP) is 2.27. The summed E-state index contributed by atoms with van der Waals surface area (Å²) in [4.78, 5) is 12.2. The van der Waals surface area contributed by atoms with Gasteiger partial charge in [-0.1, -0.05) is 24.3 Å². The molecule has 86 valence electrons. The molecule has 0 atom stereocenters. The second-order valence-corrected chi connectivity index (χ2v) is 6.97. The number of hydrogen-bond donors (Lipinski definition) is 0. The maximum absolute atomic E-state index is 12.2.